The van der Waals surface area contributed by atoms with E-state index in [0.717, 1.165) is 17.0 Å². The second kappa shape index (κ2) is 5.59. The highest BCUT2D eigenvalue weighted by molar-refractivity contribution is 7.91. The van der Waals surface area contributed by atoms with Gasteiger partial charge in [-0.1, -0.05) is 24.3 Å². The van der Waals surface area contributed by atoms with Crippen LogP contribution in [0.15, 0.2) is 52.1 Å². The molecular weight excluding hydrogens is 308 g/mol. The summed E-state index contributed by atoms with van der Waals surface area (Å²) in [6.07, 6.45) is 0.471. The number of nitrogens with zero attached hydrogens (tertiary/aromatic N) is 1. The largest absolute Gasteiger partial charge is 0.311 e. The minimum atomic E-state index is -3.62. The molecule has 0 bridgehead atoms. The Morgan fingerprint density at radius 2 is 1.90 bits per heavy atom. The van der Waals surface area contributed by atoms with Gasteiger partial charge in [-0.05, 0) is 30.0 Å². The number of amides is 1. The summed E-state index contributed by atoms with van der Waals surface area (Å²) < 4.78 is 27.1. The van der Waals surface area contributed by atoms with Gasteiger partial charge in [0.1, 0.15) is 10.3 Å². The summed E-state index contributed by atoms with van der Waals surface area (Å²) in [7, 11) is -3.62. The Hall–Kier alpha value is -1.70. The zero-order valence-electron chi connectivity index (χ0n) is 11.1. The highest BCUT2D eigenvalue weighted by Crippen LogP contribution is 2.23. The van der Waals surface area contributed by atoms with Gasteiger partial charge in [-0.25, -0.2) is 8.42 Å². The van der Waals surface area contributed by atoms with Crippen molar-refractivity contribution in [2.45, 2.75) is 16.7 Å². The molecule has 0 radical (unpaired) electrons. The van der Waals surface area contributed by atoms with Crippen LogP contribution in [-0.4, -0.2) is 26.9 Å². The van der Waals surface area contributed by atoms with Crippen molar-refractivity contribution in [3.05, 3.63) is 47.8 Å². The molecule has 2 aromatic rings. The molecule has 21 heavy (non-hydrogen) atoms. The van der Waals surface area contributed by atoms with Gasteiger partial charge in [0.25, 0.3) is 10.0 Å². The van der Waals surface area contributed by atoms with Crippen molar-refractivity contribution in [2.24, 2.45) is 0 Å². The molecule has 1 aliphatic rings. The molecule has 0 spiro atoms. The number of carbonyl (C=O) groups excluding carboxylic acids is 1. The molecule has 1 aromatic heterocycles. The molecule has 110 valence electrons. The molecule has 1 saturated heterocycles. The van der Waals surface area contributed by atoms with Gasteiger partial charge in [0.05, 0.1) is 0 Å². The predicted octanol–water partition coefficient (Wildman–Crippen LogP) is 1.83. The van der Waals surface area contributed by atoms with Crippen molar-refractivity contribution < 1.29 is 13.2 Å². The van der Waals surface area contributed by atoms with Crippen LogP contribution in [0.1, 0.15) is 6.42 Å². The molecule has 1 aliphatic heterocycles. The van der Waals surface area contributed by atoms with Crippen molar-refractivity contribution in [2.75, 3.05) is 11.4 Å². The van der Waals surface area contributed by atoms with Gasteiger partial charge < -0.3 is 4.90 Å². The Labute approximate surface area is 127 Å². The Kier molecular flexibility index (Phi) is 3.79. The van der Waals surface area contributed by atoms with Gasteiger partial charge >= 0.3 is 0 Å². The first kappa shape index (κ1) is 14.2. The molecular formula is C14H14N2O3S2. The Morgan fingerprint density at radius 1 is 1.14 bits per heavy atom. The Morgan fingerprint density at radius 3 is 2.57 bits per heavy atom. The average Bonchev–Trinajstić information content (AvgIpc) is 3.11. The van der Waals surface area contributed by atoms with E-state index in [2.05, 4.69) is 4.72 Å². The summed E-state index contributed by atoms with van der Waals surface area (Å²) in [5, 5.41) is 1.70. The standard InChI is InChI=1S/C14H14N2O3S2/c17-14-12(15-21(18,19)13-7-4-10-20-13)8-9-16(14)11-5-2-1-3-6-11/h1-7,10,12,15H,8-9H2/t12-/m0/s1. The second-order valence-corrected chi connectivity index (χ2v) is 7.61. The molecule has 1 atom stereocenters. The van der Waals surface area contributed by atoms with E-state index in [1.54, 1.807) is 16.3 Å². The third-order valence-corrected chi connectivity index (χ3v) is 6.20. The van der Waals surface area contributed by atoms with Crippen LogP contribution < -0.4 is 9.62 Å². The molecule has 1 N–H and O–H groups in total. The Balaban J connectivity index is 1.76. The fraction of sp³-hybridized carbons (Fsp3) is 0.214. The van der Waals surface area contributed by atoms with Gasteiger partial charge in [-0.3, -0.25) is 4.79 Å². The summed E-state index contributed by atoms with van der Waals surface area (Å²) in [5.74, 6) is -0.207. The molecule has 5 nitrogen and oxygen atoms in total. The lowest BCUT2D eigenvalue weighted by Gasteiger charge is -2.17. The lowest BCUT2D eigenvalue weighted by Crippen LogP contribution is -2.41. The van der Waals surface area contributed by atoms with Gasteiger partial charge in [0.2, 0.25) is 5.91 Å². The fourth-order valence-corrected chi connectivity index (χ4v) is 4.55. The number of hydrogen-bond donors (Lipinski definition) is 1. The highest BCUT2D eigenvalue weighted by Gasteiger charge is 2.35. The number of hydrogen-bond acceptors (Lipinski definition) is 4. The van der Waals surface area contributed by atoms with Crippen LogP contribution >= 0.6 is 11.3 Å². The summed E-state index contributed by atoms with van der Waals surface area (Å²) in [5.41, 5.74) is 0.792. The first-order valence-corrected chi connectivity index (χ1v) is 8.86. The van der Waals surface area contributed by atoms with Gasteiger partial charge in [0, 0.05) is 12.2 Å². The van der Waals surface area contributed by atoms with Crippen molar-refractivity contribution in [3.63, 3.8) is 0 Å². The van der Waals surface area contributed by atoms with Crippen LogP contribution in [0.3, 0.4) is 0 Å². The van der Waals surface area contributed by atoms with Crippen molar-refractivity contribution in [3.8, 4) is 0 Å². The normalized spacial score (nSPS) is 19.1. The molecule has 1 aromatic carbocycles. The maximum Gasteiger partial charge on any atom is 0.250 e. The minimum Gasteiger partial charge on any atom is -0.311 e. The number of anilines is 1. The predicted molar refractivity (Wildman–Crippen MR) is 81.8 cm³/mol. The number of para-hydroxylation sites is 1. The quantitative estimate of drug-likeness (QED) is 0.934. The third kappa shape index (κ3) is 2.85. The number of rotatable bonds is 4. The average molecular weight is 322 g/mol. The molecule has 3 rings (SSSR count). The number of carbonyl (C=O) groups is 1. The minimum absolute atomic E-state index is 0.207. The van der Waals surface area contributed by atoms with Gasteiger partial charge in [-0.15, -0.1) is 11.3 Å². The van der Waals surface area contributed by atoms with E-state index < -0.39 is 16.1 Å². The van der Waals surface area contributed by atoms with Crippen LogP contribution in [0, 0.1) is 0 Å². The third-order valence-electron chi connectivity index (χ3n) is 3.33. The van der Waals surface area contributed by atoms with E-state index >= 15 is 0 Å². The first-order valence-electron chi connectivity index (χ1n) is 6.50. The second-order valence-electron chi connectivity index (χ2n) is 4.72. The summed E-state index contributed by atoms with van der Waals surface area (Å²) in [6, 6.07) is 11.8. The van der Waals surface area contributed by atoms with Gasteiger partial charge in [-0.2, -0.15) is 4.72 Å². The molecule has 1 fully saturated rings. The first-order chi connectivity index (χ1) is 10.1. The zero-order valence-corrected chi connectivity index (χ0v) is 12.7. The molecule has 2 heterocycles. The van der Waals surface area contributed by atoms with Crippen LogP contribution in [0.4, 0.5) is 5.69 Å². The van der Waals surface area contributed by atoms with Crippen LogP contribution in [0.5, 0.6) is 0 Å². The van der Waals surface area contributed by atoms with E-state index in [9.17, 15) is 13.2 Å². The lowest BCUT2D eigenvalue weighted by atomic mass is 10.3. The molecule has 0 aliphatic carbocycles. The lowest BCUT2D eigenvalue weighted by molar-refractivity contribution is -0.118. The smallest absolute Gasteiger partial charge is 0.250 e. The van der Waals surface area contributed by atoms with Gasteiger partial charge in [0.15, 0.2) is 0 Å². The highest BCUT2D eigenvalue weighted by atomic mass is 32.2. The number of benzene rings is 1. The monoisotopic (exact) mass is 322 g/mol. The Bertz CT molecular complexity index is 727. The van der Waals surface area contributed by atoms with Crippen molar-refractivity contribution >= 4 is 33.0 Å². The fourth-order valence-electron chi connectivity index (χ4n) is 2.32. The molecule has 0 saturated carbocycles. The maximum absolute atomic E-state index is 12.4. The van der Waals surface area contributed by atoms with E-state index in [-0.39, 0.29) is 10.1 Å². The molecule has 0 unspecified atom stereocenters. The number of thiophene rings is 1. The SMILES string of the molecule is O=C1[C@@H](NS(=O)(=O)c2cccs2)CCN1c1ccccc1. The number of nitrogens with one attached hydrogen (secondary N) is 1. The van der Waals surface area contributed by atoms with Crippen molar-refractivity contribution in [1.82, 2.24) is 4.72 Å². The van der Waals surface area contributed by atoms with E-state index in [4.69, 9.17) is 0 Å². The van der Waals surface area contributed by atoms with Crippen LogP contribution in [0.25, 0.3) is 0 Å². The maximum atomic E-state index is 12.4. The van der Waals surface area contributed by atoms with Crippen molar-refractivity contribution in [1.29, 1.82) is 0 Å². The van der Waals surface area contributed by atoms with E-state index in [1.165, 1.54) is 6.07 Å². The van der Waals surface area contributed by atoms with Crippen LogP contribution in [-0.2, 0) is 14.8 Å². The molecule has 7 heteroatoms. The summed E-state index contributed by atoms with van der Waals surface area (Å²) >= 11 is 1.14. The summed E-state index contributed by atoms with van der Waals surface area (Å²) in [6.45, 7) is 0.514. The topological polar surface area (TPSA) is 66.5 Å². The summed E-state index contributed by atoms with van der Waals surface area (Å²) in [4.78, 5) is 14.0. The number of sulfonamides is 1. The van der Waals surface area contributed by atoms with Crippen LogP contribution in [0.2, 0.25) is 0 Å². The van der Waals surface area contributed by atoms with E-state index in [0.29, 0.717) is 13.0 Å². The van der Waals surface area contributed by atoms with E-state index in [1.807, 2.05) is 30.3 Å². The molecule has 1 amide bonds. The zero-order chi connectivity index (χ0) is 14.9.